The van der Waals surface area contributed by atoms with Gasteiger partial charge in [0.25, 0.3) is 0 Å². The van der Waals surface area contributed by atoms with Crippen LogP contribution in [0.1, 0.15) is 0 Å². The van der Waals surface area contributed by atoms with E-state index in [1.165, 1.54) is 13.2 Å². The minimum absolute atomic E-state index is 0.114. The van der Waals surface area contributed by atoms with Crippen LogP contribution in [0.2, 0.25) is 0 Å². The molecule has 0 bridgehead atoms. The van der Waals surface area contributed by atoms with E-state index in [1.807, 2.05) is 0 Å². The number of methoxy groups -OCH3 is 1. The molecule has 1 aliphatic carbocycles. The van der Waals surface area contributed by atoms with Gasteiger partial charge in [-0.3, -0.25) is 4.79 Å². The molecule has 0 aromatic heterocycles. The topological polar surface area (TPSA) is 59.1 Å². The van der Waals surface area contributed by atoms with Crippen molar-refractivity contribution in [2.45, 2.75) is 18.3 Å². The van der Waals surface area contributed by atoms with E-state index >= 15 is 0 Å². The van der Waals surface area contributed by atoms with Crippen molar-refractivity contribution < 1.29 is 19.4 Å². The van der Waals surface area contributed by atoms with Crippen LogP contribution in [-0.2, 0) is 14.3 Å². The maximum atomic E-state index is 11.0. The van der Waals surface area contributed by atoms with Gasteiger partial charge >= 0.3 is 0 Å². The largest absolute Gasteiger partial charge is 0.498 e. The van der Waals surface area contributed by atoms with Gasteiger partial charge in [0.2, 0.25) is 0 Å². The molecule has 2 rings (SSSR count). The Labute approximate surface area is 63.4 Å². The van der Waals surface area contributed by atoms with Crippen molar-refractivity contribution in [1.29, 1.82) is 0 Å². The van der Waals surface area contributed by atoms with Crippen molar-refractivity contribution >= 4 is 5.78 Å². The Kier molecular flexibility index (Phi) is 1.27. The molecule has 1 aliphatic heterocycles. The minimum atomic E-state index is -0.761. The standard InChI is InChI=1S/C7H8O4/c1-10-4-2-3(8)6-7(11-6)5(4)9/h2,5-7,9H,1H3/t5-,6-,7+/m0/s1. The summed E-state index contributed by atoms with van der Waals surface area (Å²) in [5, 5.41) is 9.33. The molecule has 11 heavy (non-hydrogen) atoms. The second-order valence-corrected chi connectivity index (χ2v) is 2.62. The fourth-order valence-electron chi connectivity index (χ4n) is 1.24. The first kappa shape index (κ1) is 6.82. The molecule has 4 heteroatoms. The molecule has 0 spiro atoms. The van der Waals surface area contributed by atoms with Gasteiger partial charge in [0, 0.05) is 6.08 Å². The molecule has 1 N–H and O–H groups in total. The summed E-state index contributed by atoms with van der Waals surface area (Å²) in [4.78, 5) is 11.0. The van der Waals surface area contributed by atoms with Gasteiger partial charge in [-0.15, -0.1) is 0 Å². The first-order valence-corrected chi connectivity index (χ1v) is 3.37. The number of hydrogen-bond donors (Lipinski definition) is 1. The lowest BCUT2D eigenvalue weighted by atomic mass is 10.0. The molecule has 60 valence electrons. The van der Waals surface area contributed by atoms with Crippen LogP contribution in [0.3, 0.4) is 0 Å². The minimum Gasteiger partial charge on any atom is -0.498 e. The Morgan fingerprint density at radius 3 is 3.09 bits per heavy atom. The summed E-state index contributed by atoms with van der Waals surface area (Å²) in [7, 11) is 1.42. The van der Waals surface area contributed by atoms with E-state index in [9.17, 15) is 9.90 Å². The summed E-state index contributed by atoms with van der Waals surface area (Å²) in [6, 6.07) is 0. The predicted octanol–water partition coefficient (Wildman–Crippen LogP) is -0.772. The first-order chi connectivity index (χ1) is 5.24. The van der Waals surface area contributed by atoms with Gasteiger partial charge in [-0.1, -0.05) is 0 Å². The smallest absolute Gasteiger partial charge is 0.190 e. The van der Waals surface area contributed by atoms with Gasteiger partial charge in [0.15, 0.2) is 5.78 Å². The Morgan fingerprint density at radius 2 is 2.45 bits per heavy atom. The summed E-state index contributed by atoms with van der Waals surface area (Å²) in [5.41, 5.74) is 0. The van der Waals surface area contributed by atoms with Crippen molar-refractivity contribution in [2.24, 2.45) is 0 Å². The molecule has 1 heterocycles. The SMILES string of the molecule is COC1=CC(=O)[C@@H]2O[C@@H]2[C@H]1O. The van der Waals surface area contributed by atoms with E-state index < -0.39 is 12.2 Å². The average Bonchev–Trinajstić information content (AvgIpc) is 2.75. The predicted molar refractivity (Wildman–Crippen MR) is 34.8 cm³/mol. The summed E-state index contributed by atoms with van der Waals surface area (Å²) in [5.74, 6) is 0.186. The highest BCUT2D eigenvalue weighted by atomic mass is 16.6. The van der Waals surface area contributed by atoms with Gasteiger partial charge in [-0.2, -0.15) is 0 Å². The normalized spacial score (nSPS) is 41.1. The fourth-order valence-corrected chi connectivity index (χ4v) is 1.24. The Hall–Kier alpha value is -0.870. The third-order valence-corrected chi connectivity index (χ3v) is 1.93. The average molecular weight is 156 g/mol. The summed E-state index contributed by atoms with van der Waals surface area (Å²) in [6.45, 7) is 0. The number of fused-ring (bicyclic) bond motifs is 1. The van der Waals surface area contributed by atoms with Crippen molar-refractivity contribution in [2.75, 3.05) is 7.11 Å². The number of epoxide rings is 1. The quantitative estimate of drug-likeness (QED) is 0.506. The van der Waals surface area contributed by atoms with Gasteiger partial charge in [0.1, 0.15) is 24.1 Å². The fraction of sp³-hybridized carbons (Fsp3) is 0.571. The number of rotatable bonds is 1. The van der Waals surface area contributed by atoms with E-state index in [2.05, 4.69) is 0 Å². The summed E-state index contributed by atoms with van der Waals surface area (Å²) in [6.07, 6.45) is -0.243. The Morgan fingerprint density at radius 1 is 1.73 bits per heavy atom. The zero-order valence-corrected chi connectivity index (χ0v) is 5.98. The number of carbonyl (C=O) groups excluding carboxylic acids is 1. The number of aliphatic hydroxyl groups is 1. The van der Waals surface area contributed by atoms with Gasteiger partial charge in [-0.25, -0.2) is 0 Å². The highest BCUT2D eigenvalue weighted by molar-refractivity contribution is 5.97. The van der Waals surface area contributed by atoms with Gasteiger partial charge in [-0.05, 0) is 0 Å². The lowest BCUT2D eigenvalue weighted by Crippen LogP contribution is -2.28. The number of aliphatic hydroxyl groups excluding tert-OH is 1. The van der Waals surface area contributed by atoms with Crippen LogP contribution < -0.4 is 0 Å². The molecular formula is C7H8O4. The molecular weight excluding hydrogens is 148 g/mol. The van der Waals surface area contributed by atoms with Crippen molar-refractivity contribution in [3.8, 4) is 0 Å². The molecule has 0 unspecified atom stereocenters. The maximum absolute atomic E-state index is 11.0. The molecule has 0 radical (unpaired) electrons. The lowest BCUT2D eigenvalue weighted by Gasteiger charge is -2.13. The van der Waals surface area contributed by atoms with E-state index in [0.717, 1.165) is 0 Å². The Bertz CT molecular complexity index is 233. The molecule has 0 aromatic rings. The first-order valence-electron chi connectivity index (χ1n) is 3.37. The van der Waals surface area contributed by atoms with E-state index in [-0.39, 0.29) is 11.9 Å². The van der Waals surface area contributed by atoms with Crippen molar-refractivity contribution in [1.82, 2.24) is 0 Å². The zero-order chi connectivity index (χ0) is 8.01. The lowest BCUT2D eigenvalue weighted by molar-refractivity contribution is -0.116. The van der Waals surface area contributed by atoms with Crippen LogP contribution in [0.5, 0.6) is 0 Å². The molecule has 1 fully saturated rings. The van der Waals surface area contributed by atoms with Crippen LogP contribution in [-0.4, -0.2) is 36.3 Å². The third kappa shape index (κ3) is 0.868. The van der Waals surface area contributed by atoms with E-state index in [1.54, 1.807) is 0 Å². The summed E-state index contributed by atoms with van der Waals surface area (Å²) >= 11 is 0. The third-order valence-electron chi connectivity index (χ3n) is 1.93. The molecule has 0 amide bonds. The second-order valence-electron chi connectivity index (χ2n) is 2.62. The highest BCUT2D eigenvalue weighted by Crippen LogP contribution is 2.34. The van der Waals surface area contributed by atoms with Crippen molar-refractivity contribution in [3.05, 3.63) is 11.8 Å². The number of carbonyl (C=O) groups is 1. The van der Waals surface area contributed by atoms with Crippen LogP contribution in [0, 0.1) is 0 Å². The molecule has 1 saturated heterocycles. The van der Waals surface area contributed by atoms with Crippen LogP contribution in [0.15, 0.2) is 11.8 Å². The van der Waals surface area contributed by atoms with Gasteiger partial charge < -0.3 is 14.6 Å². The second kappa shape index (κ2) is 2.06. The van der Waals surface area contributed by atoms with Gasteiger partial charge in [0.05, 0.1) is 7.11 Å². The summed E-state index contributed by atoms with van der Waals surface area (Å²) < 4.78 is 9.68. The van der Waals surface area contributed by atoms with E-state index in [4.69, 9.17) is 9.47 Å². The molecule has 3 atom stereocenters. The maximum Gasteiger partial charge on any atom is 0.190 e. The molecule has 0 saturated carbocycles. The van der Waals surface area contributed by atoms with Crippen LogP contribution in [0.25, 0.3) is 0 Å². The van der Waals surface area contributed by atoms with Crippen molar-refractivity contribution in [3.63, 3.8) is 0 Å². The molecule has 4 nitrogen and oxygen atoms in total. The number of ether oxygens (including phenoxy) is 2. The zero-order valence-electron chi connectivity index (χ0n) is 5.98. The van der Waals surface area contributed by atoms with Crippen LogP contribution in [0.4, 0.5) is 0 Å². The molecule has 2 aliphatic rings. The van der Waals surface area contributed by atoms with Crippen LogP contribution >= 0.6 is 0 Å². The molecule has 0 aromatic carbocycles. The van der Waals surface area contributed by atoms with E-state index in [0.29, 0.717) is 5.76 Å². The number of hydrogen-bond acceptors (Lipinski definition) is 4. The highest BCUT2D eigenvalue weighted by Gasteiger charge is 2.53. The monoisotopic (exact) mass is 156 g/mol. The Balaban J connectivity index is 2.25. The number of ketones is 1.